The van der Waals surface area contributed by atoms with Gasteiger partial charge in [-0.2, -0.15) is 0 Å². The molecule has 1 saturated carbocycles. The summed E-state index contributed by atoms with van der Waals surface area (Å²) in [6, 6.07) is 0. The van der Waals surface area contributed by atoms with Gasteiger partial charge in [-0.25, -0.2) is 4.98 Å². The van der Waals surface area contributed by atoms with Gasteiger partial charge in [0.2, 0.25) is 0 Å². The molecule has 0 aliphatic heterocycles. The van der Waals surface area contributed by atoms with E-state index >= 15 is 0 Å². The fourth-order valence-electron chi connectivity index (χ4n) is 1.97. The number of fused-ring (bicyclic) bond motifs is 1. The van der Waals surface area contributed by atoms with Gasteiger partial charge in [-0.15, -0.1) is 11.3 Å². The molecular formula is C10H12N2S. The van der Waals surface area contributed by atoms with E-state index in [-0.39, 0.29) is 0 Å². The highest BCUT2D eigenvalue weighted by atomic mass is 32.1. The van der Waals surface area contributed by atoms with Gasteiger partial charge in [0, 0.05) is 23.2 Å². The Morgan fingerprint density at radius 2 is 2.38 bits per heavy atom. The summed E-state index contributed by atoms with van der Waals surface area (Å²) >= 11 is 1.72. The van der Waals surface area contributed by atoms with E-state index in [1.807, 2.05) is 0 Å². The third-order valence-electron chi connectivity index (χ3n) is 3.00. The number of thiazole rings is 1. The molecule has 0 spiro atoms. The Hall–Kier alpha value is -0.830. The molecule has 2 atom stereocenters. The van der Waals surface area contributed by atoms with Gasteiger partial charge in [0.15, 0.2) is 4.96 Å². The minimum atomic E-state index is 0.743. The van der Waals surface area contributed by atoms with Crippen LogP contribution in [-0.2, 0) is 0 Å². The molecule has 3 rings (SSSR count). The van der Waals surface area contributed by atoms with Gasteiger partial charge in [-0.05, 0) is 19.3 Å². The zero-order valence-electron chi connectivity index (χ0n) is 7.82. The highest BCUT2D eigenvalue weighted by Crippen LogP contribution is 2.47. The average molecular weight is 192 g/mol. The van der Waals surface area contributed by atoms with Crippen molar-refractivity contribution in [1.82, 2.24) is 9.38 Å². The maximum atomic E-state index is 4.67. The van der Waals surface area contributed by atoms with Gasteiger partial charge >= 0.3 is 0 Å². The summed E-state index contributed by atoms with van der Waals surface area (Å²) in [5, 5.41) is 2.09. The Labute approximate surface area is 81.2 Å². The first-order chi connectivity index (χ1) is 6.27. The molecule has 0 bridgehead atoms. The van der Waals surface area contributed by atoms with Crippen LogP contribution in [0.15, 0.2) is 11.6 Å². The molecule has 2 unspecified atom stereocenters. The van der Waals surface area contributed by atoms with E-state index in [0.717, 1.165) is 16.8 Å². The second-order valence-corrected chi connectivity index (χ2v) is 4.83. The van der Waals surface area contributed by atoms with Crippen molar-refractivity contribution in [2.45, 2.75) is 26.2 Å². The summed E-state index contributed by atoms with van der Waals surface area (Å²) in [5.74, 6) is 1.59. The molecule has 1 fully saturated rings. The Bertz CT molecular complexity index is 454. The Balaban J connectivity index is 2.18. The number of hydrogen-bond donors (Lipinski definition) is 0. The van der Waals surface area contributed by atoms with Crippen molar-refractivity contribution < 1.29 is 0 Å². The highest BCUT2D eigenvalue weighted by molar-refractivity contribution is 7.15. The number of aromatic nitrogens is 2. The maximum Gasteiger partial charge on any atom is 0.194 e. The van der Waals surface area contributed by atoms with Crippen LogP contribution in [0.3, 0.4) is 0 Å². The maximum absolute atomic E-state index is 4.67. The topological polar surface area (TPSA) is 17.3 Å². The average Bonchev–Trinajstić information content (AvgIpc) is 2.60. The lowest BCUT2D eigenvalue weighted by Crippen LogP contribution is -1.87. The molecule has 0 N–H and O–H groups in total. The van der Waals surface area contributed by atoms with E-state index in [4.69, 9.17) is 0 Å². The zero-order valence-corrected chi connectivity index (χ0v) is 8.64. The molecule has 0 saturated heterocycles. The van der Waals surface area contributed by atoms with Crippen LogP contribution in [0, 0.1) is 12.8 Å². The Morgan fingerprint density at radius 1 is 1.62 bits per heavy atom. The van der Waals surface area contributed by atoms with Crippen LogP contribution in [0.25, 0.3) is 4.96 Å². The van der Waals surface area contributed by atoms with Crippen molar-refractivity contribution in [3.8, 4) is 0 Å². The lowest BCUT2D eigenvalue weighted by Gasteiger charge is -1.93. The van der Waals surface area contributed by atoms with Crippen LogP contribution >= 0.6 is 11.3 Å². The first kappa shape index (κ1) is 7.56. The molecule has 1 aliphatic rings. The predicted octanol–water partition coefficient (Wildman–Crippen LogP) is 2.83. The molecule has 3 heteroatoms. The van der Waals surface area contributed by atoms with Crippen LogP contribution in [-0.4, -0.2) is 9.38 Å². The van der Waals surface area contributed by atoms with E-state index in [1.54, 1.807) is 11.3 Å². The van der Waals surface area contributed by atoms with Crippen LogP contribution in [0.5, 0.6) is 0 Å². The molecule has 13 heavy (non-hydrogen) atoms. The van der Waals surface area contributed by atoms with Crippen molar-refractivity contribution in [2.75, 3.05) is 0 Å². The molecule has 0 radical (unpaired) electrons. The summed E-state index contributed by atoms with van der Waals surface area (Å²) in [4.78, 5) is 5.81. The van der Waals surface area contributed by atoms with Gasteiger partial charge in [0.1, 0.15) is 0 Å². The number of nitrogens with zero attached hydrogens (tertiary/aromatic N) is 2. The molecule has 0 aromatic carbocycles. The molecule has 2 aromatic heterocycles. The van der Waals surface area contributed by atoms with Gasteiger partial charge in [0.25, 0.3) is 0 Å². The van der Waals surface area contributed by atoms with Crippen molar-refractivity contribution in [2.24, 2.45) is 5.92 Å². The second kappa shape index (κ2) is 2.35. The fraction of sp³-hybridized carbons (Fsp3) is 0.500. The molecule has 2 heterocycles. The monoisotopic (exact) mass is 192 g/mol. The summed E-state index contributed by atoms with van der Waals surface area (Å²) < 4.78 is 2.20. The molecule has 1 aliphatic carbocycles. The number of imidazole rings is 1. The minimum Gasteiger partial charge on any atom is -0.295 e. The summed E-state index contributed by atoms with van der Waals surface area (Å²) in [6.07, 6.45) is 3.44. The van der Waals surface area contributed by atoms with Crippen molar-refractivity contribution in [1.29, 1.82) is 0 Å². The number of aryl methyl sites for hydroxylation is 1. The third-order valence-corrected chi connectivity index (χ3v) is 3.75. The molecule has 0 amide bonds. The molecule has 2 aromatic rings. The minimum absolute atomic E-state index is 0.743. The van der Waals surface area contributed by atoms with E-state index < -0.39 is 0 Å². The van der Waals surface area contributed by atoms with Gasteiger partial charge < -0.3 is 0 Å². The Morgan fingerprint density at radius 3 is 3.00 bits per heavy atom. The van der Waals surface area contributed by atoms with Gasteiger partial charge in [-0.3, -0.25) is 4.40 Å². The second-order valence-electron chi connectivity index (χ2n) is 3.96. The number of hydrogen-bond acceptors (Lipinski definition) is 2. The van der Waals surface area contributed by atoms with Crippen molar-refractivity contribution >= 4 is 16.3 Å². The third kappa shape index (κ3) is 0.967. The predicted molar refractivity (Wildman–Crippen MR) is 54.3 cm³/mol. The molecule has 2 nitrogen and oxygen atoms in total. The lowest BCUT2D eigenvalue weighted by atomic mass is 10.2. The summed E-state index contributed by atoms with van der Waals surface area (Å²) in [6.45, 7) is 4.48. The molecule has 68 valence electrons. The zero-order chi connectivity index (χ0) is 9.00. The van der Waals surface area contributed by atoms with E-state index in [2.05, 4.69) is 34.8 Å². The summed E-state index contributed by atoms with van der Waals surface area (Å²) in [7, 11) is 0. The smallest absolute Gasteiger partial charge is 0.194 e. The van der Waals surface area contributed by atoms with Gasteiger partial charge in [-0.1, -0.05) is 6.92 Å². The van der Waals surface area contributed by atoms with Crippen LogP contribution < -0.4 is 0 Å². The summed E-state index contributed by atoms with van der Waals surface area (Å²) in [5.41, 5.74) is 2.67. The fourth-order valence-corrected chi connectivity index (χ4v) is 2.74. The van der Waals surface area contributed by atoms with E-state index in [9.17, 15) is 0 Å². The first-order valence-corrected chi connectivity index (χ1v) is 5.57. The SMILES string of the molecule is Cc1c(C2CC2C)nc2sccn12. The normalized spacial score (nSPS) is 26.9. The lowest BCUT2D eigenvalue weighted by molar-refractivity contribution is 0.883. The molecular weight excluding hydrogens is 180 g/mol. The first-order valence-electron chi connectivity index (χ1n) is 4.69. The van der Waals surface area contributed by atoms with Crippen molar-refractivity contribution in [3.05, 3.63) is 23.0 Å². The standard InChI is InChI=1S/C10H12N2S/c1-6-5-8(6)9-7(2)12-3-4-13-10(12)11-9/h3-4,6,8H,5H2,1-2H3. The van der Waals surface area contributed by atoms with Gasteiger partial charge in [0.05, 0.1) is 5.69 Å². The Kier molecular flexibility index (Phi) is 1.37. The highest BCUT2D eigenvalue weighted by Gasteiger charge is 2.37. The van der Waals surface area contributed by atoms with Crippen LogP contribution in [0.2, 0.25) is 0 Å². The quantitative estimate of drug-likeness (QED) is 0.679. The van der Waals surface area contributed by atoms with Crippen LogP contribution in [0.4, 0.5) is 0 Å². The van der Waals surface area contributed by atoms with Crippen molar-refractivity contribution in [3.63, 3.8) is 0 Å². The number of rotatable bonds is 1. The van der Waals surface area contributed by atoms with E-state index in [0.29, 0.717) is 0 Å². The van der Waals surface area contributed by atoms with Crippen LogP contribution in [0.1, 0.15) is 30.7 Å². The largest absolute Gasteiger partial charge is 0.295 e. The van der Waals surface area contributed by atoms with E-state index in [1.165, 1.54) is 17.8 Å².